The molecular formula is C16H16BrF4NO. The number of aryl methyl sites for hydroxylation is 1. The van der Waals surface area contributed by atoms with Crippen LogP contribution in [-0.2, 0) is 11.2 Å². The van der Waals surface area contributed by atoms with E-state index in [1.807, 2.05) is 0 Å². The van der Waals surface area contributed by atoms with Crippen LogP contribution in [0.1, 0.15) is 18.1 Å². The molecule has 0 fully saturated rings. The maximum atomic E-state index is 13.8. The van der Waals surface area contributed by atoms with Gasteiger partial charge in [0.2, 0.25) is 5.91 Å². The lowest BCUT2D eigenvalue weighted by Gasteiger charge is -2.23. The Balaban J connectivity index is 3.09. The number of carbonyl (C=O) groups is 1. The van der Waals surface area contributed by atoms with Crippen LogP contribution in [0.15, 0.2) is 40.5 Å². The van der Waals surface area contributed by atoms with Crippen molar-refractivity contribution in [3.63, 3.8) is 0 Å². The van der Waals surface area contributed by atoms with Gasteiger partial charge in [0.05, 0.1) is 6.42 Å². The zero-order chi connectivity index (χ0) is 17.9. The van der Waals surface area contributed by atoms with E-state index >= 15 is 0 Å². The zero-order valence-corrected chi connectivity index (χ0v) is 14.5. The monoisotopic (exact) mass is 393 g/mol. The molecule has 0 saturated carbocycles. The minimum Gasteiger partial charge on any atom is -0.311 e. The number of nitrogens with zero attached hydrogens (tertiary/aromatic N) is 1. The van der Waals surface area contributed by atoms with Gasteiger partial charge in [-0.2, -0.15) is 13.2 Å². The molecule has 0 saturated heterocycles. The third-order valence-corrected chi connectivity index (χ3v) is 3.93. The number of alkyl halides is 3. The highest BCUT2D eigenvalue weighted by Crippen LogP contribution is 2.29. The van der Waals surface area contributed by atoms with Crippen molar-refractivity contribution in [2.24, 2.45) is 0 Å². The molecule has 0 aromatic heterocycles. The number of carbonyl (C=O) groups excluding carboxylic acids is 1. The first-order valence-electron chi connectivity index (χ1n) is 6.59. The number of hydrogen-bond donors (Lipinski definition) is 0. The van der Waals surface area contributed by atoms with Crippen molar-refractivity contribution in [2.75, 3.05) is 7.05 Å². The smallest absolute Gasteiger partial charge is 0.311 e. The highest BCUT2D eigenvalue weighted by molar-refractivity contribution is 9.10. The molecule has 7 heteroatoms. The summed E-state index contributed by atoms with van der Waals surface area (Å²) in [6.45, 7) is 6.48. The van der Waals surface area contributed by atoms with E-state index in [9.17, 15) is 22.4 Å². The highest BCUT2D eigenvalue weighted by atomic mass is 79.9. The van der Waals surface area contributed by atoms with Crippen LogP contribution >= 0.6 is 15.9 Å². The van der Waals surface area contributed by atoms with E-state index in [0.29, 0.717) is 14.9 Å². The molecule has 0 N–H and O–H groups in total. The Morgan fingerprint density at radius 3 is 2.43 bits per heavy atom. The van der Waals surface area contributed by atoms with Crippen molar-refractivity contribution in [2.45, 2.75) is 26.4 Å². The Bertz CT molecular complexity index is 665. The molecule has 0 atom stereocenters. The predicted octanol–water partition coefficient (Wildman–Crippen LogP) is 4.92. The fourth-order valence-electron chi connectivity index (χ4n) is 1.87. The Labute approximate surface area is 140 Å². The van der Waals surface area contributed by atoms with Crippen molar-refractivity contribution in [3.05, 3.63) is 57.5 Å². The van der Waals surface area contributed by atoms with Gasteiger partial charge >= 0.3 is 6.18 Å². The Morgan fingerprint density at radius 1 is 1.39 bits per heavy atom. The third kappa shape index (κ3) is 5.20. The standard InChI is InChI=1S/C16H16BrF4NO/c1-9(2)5-14(16(19,20)21)22(4)15(23)7-11-6-10(3)12(17)8-13(11)18/h5-6,8H,1,7H2,2-4H3/b14-5-. The summed E-state index contributed by atoms with van der Waals surface area (Å²) in [6.07, 6.45) is -4.40. The molecule has 1 aromatic carbocycles. The van der Waals surface area contributed by atoms with Gasteiger partial charge in [-0.05, 0) is 37.1 Å². The zero-order valence-electron chi connectivity index (χ0n) is 12.9. The molecule has 1 rings (SSSR count). The predicted molar refractivity (Wildman–Crippen MR) is 84.3 cm³/mol. The van der Waals surface area contributed by atoms with Gasteiger partial charge in [-0.3, -0.25) is 4.79 Å². The summed E-state index contributed by atoms with van der Waals surface area (Å²) in [7, 11) is 1.01. The molecule has 1 amide bonds. The molecular weight excluding hydrogens is 378 g/mol. The molecule has 0 aliphatic rings. The molecule has 0 aliphatic carbocycles. The Morgan fingerprint density at radius 2 is 1.96 bits per heavy atom. The SMILES string of the molecule is C=C(C)/C=C(\N(C)C(=O)Cc1cc(C)c(Br)cc1F)C(F)(F)F. The fraction of sp³-hybridized carbons (Fsp3) is 0.312. The average Bonchev–Trinajstić information content (AvgIpc) is 2.39. The van der Waals surface area contributed by atoms with E-state index in [4.69, 9.17) is 0 Å². The normalized spacial score (nSPS) is 12.3. The first kappa shape index (κ1) is 19.4. The first-order valence-corrected chi connectivity index (χ1v) is 7.38. The fourth-order valence-corrected chi connectivity index (χ4v) is 2.19. The number of allylic oxidation sites excluding steroid dienone is 3. The van der Waals surface area contributed by atoms with E-state index in [1.165, 1.54) is 19.1 Å². The van der Waals surface area contributed by atoms with Gasteiger partial charge in [0.15, 0.2) is 0 Å². The summed E-state index contributed by atoms with van der Waals surface area (Å²) in [5.41, 5.74) is -0.253. The highest BCUT2D eigenvalue weighted by Gasteiger charge is 2.38. The van der Waals surface area contributed by atoms with E-state index in [-0.39, 0.29) is 11.1 Å². The van der Waals surface area contributed by atoms with E-state index in [0.717, 1.165) is 13.1 Å². The van der Waals surface area contributed by atoms with Gasteiger partial charge in [-0.15, -0.1) is 0 Å². The largest absolute Gasteiger partial charge is 0.431 e. The van der Waals surface area contributed by atoms with Crippen molar-refractivity contribution in [1.82, 2.24) is 4.90 Å². The van der Waals surface area contributed by atoms with Gasteiger partial charge in [0.1, 0.15) is 11.5 Å². The Hall–Kier alpha value is -1.63. The van der Waals surface area contributed by atoms with E-state index in [1.54, 1.807) is 6.92 Å². The van der Waals surface area contributed by atoms with Crippen LogP contribution in [0.25, 0.3) is 0 Å². The van der Waals surface area contributed by atoms with E-state index in [2.05, 4.69) is 22.5 Å². The van der Waals surface area contributed by atoms with Crippen LogP contribution in [-0.4, -0.2) is 24.0 Å². The lowest BCUT2D eigenvalue weighted by Crippen LogP contribution is -2.35. The number of amides is 1. The van der Waals surface area contributed by atoms with Gasteiger partial charge < -0.3 is 4.90 Å². The summed E-state index contributed by atoms with van der Waals surface area (Å²) in [4.78, 5) is 12.6. The average molecular weight is 394 g/mol. The molecule has 1 aromatic rings. The van der Waals surface area contributed by atoms with Gasteiger partial charge in [-0.25, -0.2) is 4.39 Å². The van der Waals surface area contributed by atoms with Crippen LogP contribution in [0.3, 0.4) is 0 Å². The second kappa shape index (κ2) is 7.29. The van der Waals surface area contributed by atoms with Crippen LogP contribution in [0, 0.1) is 12.7 Å². The molecule has 0 bridgehead atoms. The van der Waals surface area contributed by atoms with E-state index < -0.39 is 30.0 Å². The molecule has 126 valence electrons. The molecule has 0 aliphatic heterocycles. The molecule has 0 radical (unpaired) electrons. The summed E-state index contributed by atoms with van der Waals surface area (Å²) in [5.74, 6) is -1.52. The second-order valence-electron chi connectivity index (χ2n) is 5.20. The van der Waals surface area contributed by atoms with Crippen LogP contribution in [0.5, 0.6) is 0 Å². The van der Waals surface area contributed by atoms with Crippen molar-refractivity contribution < 1.29 is 22.4 Å². The maximum absolute atomic E-state index is 13.8. The number of rotatable bonds is 4. The van der Waals surface area contributed by atoms with Crippen LogP contribution < -0.4 is 0 Å². The van der Waals surface area contributed by atoms with Crippen molar-refractivity contribution in [1.29, 1.82) is 0 Å². The lowest BCUT2D eigenvalue weighted by atomic mass is 10.1. The summed E-state index contributed by atoms with van der Waals surface area (Å²) in [6, 6.07) is 2.62. The molecule has 0 heterocycles. The molecule has 2 nitrogen and oxygen atoms in total. The molecule has 23 heavy (non-hydrogen) atoms. The van der Waals surface area contributed by atoms with Crippen LogP contribution in [0.4, 0.5) is 17.6 Å². The number of halogens is 5. The third-order valence-electron chi connectivity index (χ3n) is 3.08. The second-order valence-corrected chi connectivity index (χ2v) is 6.05. The first-order chi connectivity index (χ1) is 10.4. The Kier molecular flexibility index (Phi) is 6.16. The van der Waals surface area contributed by atoms with Gasteiger partial charge in [0, 0.05) is 11.5 Å². The summed E-state index contributed by atoms with van der Waals surface area (Å²) >= 11 is 3.15. The molecule has 0 unspecified atom stereocenters. The minimum atomic E-state index is -4.71. The van der Waals surface area contributed by atoms with Crippen LogP contribution in [0.2, 0.25) is 0 Å². The molecule has 0 spiro atoms. The number of hydrogen-bond acceptors (Lipinski definition) is 1. The quantitative estimate of drug-likeness (QED) is 0.525. The van der Waals surface area contributed by atoms with Gasteiger partial charge in [-0.1, -0.05) is 34.1 Å². The summed E-state index contributed by atoms with van der Waals surface area (Å²) < 4.78 is 53.5. The van der Waals surface area contributed by atoms with Crippen molar-refractivity contribution in [3.8, 4) is 0 Å². The minimum absolute atomic E-state index is 0.0411. The maximum Gasteiger partial charge on any atom is 0.431 e. The number of benzene rings is 1. The topological polar surface area (TPSA) is 20.3 Å². The lowest BCUT2D eigenvalue weighted by molar-refractivity contribution is -0.139. The number of likely N-dealkylation sites (N-methyl/N-ethyl adjacent to an activating group) is 1. The van der Waals surface area contributed by atoms with Gasteiger partial charge in [0.25, 0.3) is 0 Å². The summed E-state index contributed by atoms with van der Waals surface area (Å²) in [5, 5.41) is 0. The van der Waals surface area contributed by atoms with Crippen molar-refractivity contribution >= 4 is 21.8 Å².